The number of rotatable bonds is 5. The number of carbonyl (C=O) groups excluding carboxylic acids is 1. The van der Waals surface area contributed by atoms with Crippen molar-refractivity contribution in [1.29, 1.82) is 0 Å². The summed E-state index contributed by atoms with van der Waals surface area (Å²) in [5, 5.41) is 28.8. The lowest BCUT2D eigenvalue weighted by atomic mass is 9.78. The molecule has 0 aromatic heterocycles. The third-order valence-corrected chi connectivity index (χ3v) is 6.72. The number of carbonyl (C=O) groups is 1. The summed E-state index contributed by atoms with van der Waals surface area (Å²) in [5.74, 6) is 0.0541. The van der Waals surface area contributed by atoms with Crippen LogP contribution < -0.4 is 20.1 Å². The number of nitrogens with one attached hydrogen (secondary N) is 2. The number of nitro groups is 1. The Bertz CT molecular complexity index is 1380. The number of aromatic hydroxyl groups is 1. The molecule has 1 aliphatic heterocycles. The fraction of sp³-hybridized carbons (Fsp3) is 0.222. The van der Waals surface area contributed by atoms with E-state index in [0.717, 1.165) is 28.4 Å². The number of hydrogen-bond donors (Lipinski definition) is 3. The molecule has 3 N–H and O–H groups in total. The van der Waals surface area contributed by atoms with Crippen molar-refractivity contribution in [1.82, 2.24) is 0 Å². The van der Waals surface area contributed by atoms with Gasteiger partial charge in [0.1, 0.15) is 5.75 Å². The first kappa shape index (κ1) is 23.2. The van der Waals surface area contributed by atoms with Gasteiger partial charge in [0.25, 0.3) is 0 Å². The van der Waals surface area contributed by atoms with Crippen molar-refractivity contribution in [2.45, 2.75) is 24.8 Å². The summed E-state index contributed by atoms with van der Waals surface area (Å²) in [7, 11) is 2.94. The Kier molecular flexibility index (Phi) is 5.97. The largest absolute Gasteiger partial charge is 0.500 e. The highest BCUT2D eigenvalue weighted by molar-refractivity contribution is 6.01. The Labute approximate surface area is 207 Å². The van der Waals surface area contributed by atoms with Crippen LogP contribution in [0.3, 0.4) is 0 Å². The van der Waals surface area contributed by atoms with E-state index in [9.17, 15) is 20.0 Å². The maximum absolute atomic E-state index is 13.7. The van der Waals surface area contributed by atoms with E-state index in [0.29, 0.717) is 24.0 Å². The van der Waals surface area contributed by atoms with Gasteiger partial charge in [0.05, 0.1) is 36.6 Å². The van der Waals surface area contributed by atoms with Gasteiger partial charge in [0, 0.05) is 23.8 Å². The first-order chi connectivity index (χ1) is 17.4. The number of para-hydroxylation sites is 2. The topological polar surface area (TPSA) is 123 Å². The fourth-order valence-electron chi connectivity index (χ4n) is 4.93. The number of ketones is 1. The van der Waals surface area contributed by atoms with E-state index < -0.39 is 22.4 Å². The van der Waals surface area contributed by atoms with Gasteiger partial charge in [-0.05, 0) is 53.8 Å². The second kappa shape index (κ2) is 9.26. The molecule has 0 amide bonds. The van der Waals surface area contributed by atoms with Crippen molar-refractivity contribution in [3.8, 4) is 17.2 Å². The molecule has 0 spiro atoms. The molecule has 2 unspecified atom stereocenters. The Morgan fingerprint density at radius 2 is 1.69 bits per heavy atom. The zero-order valence-electron chi connectivity index (χ0n) is 19.8. The molecule has 0 bridgehead atoms. The molecule has 0 radical (unpaired) electrons. The number of anilines is 2. The minimum Gasteiger partial charge on any atom is -0.500 e. The van der Waals surface area contributed by atoms with E-state index >= 15 is 0 Å². The van der Waals surface area contributed by atoms with Crippen LogP contribution in [-0.2, 0) is 4.79 Å². The molecule has 1 aliphatic carbocycles. The highest BCUT2D eigenvalue weighted by Gasteiger charge is 2.37. The van der Waals surface area contributed by atoms with E-state index in [2.05, 4.69) is 10.6 Å². The van der Waals surface area contributed by atoms with Gasteiger partial charge in [-0.1, -0.05) is 24.3 Å². The number of benzene rings is 3. The van der Waals surface area contributed by atoms with Crippen molar-refractivity contribution in [3.63, 3.8) is 0 Å². The summed E-state index contributed by atoms with van der Waals surface area (Å²) in [6, 6.07) is 17.4. The smallest absolute Gasteiger partial charge is 0.315 e. The quantitative estimate of drug-likeness (QED) is 0.327. The van der Waals surface area contributed by atoms with Crippen LogP contribution in [0.2, 0.25) is 0 Å². The van der Waals surface area contributed by atoms with Gasteiger partial charge in [-0.15, -0.1) is 0 Å². The minimum absolute atomic E-state index is 0.0343. The third-order valence-electron chi connectivity index (χ3n) is 6.72. The number of hydrogen-bond acceptors (Lipinski definition) is 8. The maximum Gasteiger partial charge on any atom is 0.315 e. The molecule has 36 heavy (non-hydrogen) atoms. The second-order valence-electron chi connectivity index (χ2n) is 8.79. The van der Waals surface area contributed by atoms with E-state index in [1.54, 1.807) is 7.11 Å². The summed E-state index contributed by atoms with van der Waals surface area (Å²) >= 11 is 0. The summed E-state index contributed by atoms with van der Waals surface area (Å²) in [4.78, 5) is 24.7. The molecular formula is C27H25N3O6. The van der Waals surface area contributed by atoms with Gasteiger partial charge in [-0.2, -0.15) is 0 Å². The van der Waals surface area contributed by atoms with Crippen LogP contribution >= 0.6 is 0 Å². The highest BCUT2D eigenvalue weighted by Crippen LogP contribution is 2.47. The van der Waals surface area contributed by atoms with Crippen LogP contribution in [0.1, 0.15) is 35.9 Å². The normalized spacial score (nSPS) is 18.8. The lowest BCUT2D eigenvalue weighted by Gasteiger charge is -2.30. The van der Waals surface area contributed by atoms with Gasteiger partial charge in [-0.25, -0.2) is 0 Å². The van der Waals surface area contributed by atoms with Crippen molar-refractivity contribution in [2.75, 3.05) is 24.9 Å². The van der Waals surface area contributed by atoms with Gasteiger partial charge < -0.3 is 25.2 Å². The van der Waals surface area contributed by atoms with Crippen molar-refractivity contribution >= 4 is 22.8 Å². The van der Waals surface area contributed by atoms with Crippen LogP contribution in [0, 0.1) is 10.1 Å². The number of nitrogens with zero attached hydrogens (tertiary/aromatic N) is 1. The molecule has 2 aliphatic rings. The summed E-state index contributed by atoms with van der Waals surface area (Å²) in [6.45, 7) is 0. The first-order valence-corrected chi connectivity index (χ1v) is 11.5. The summed E-state index contributed by atoms with van der Waals surface area (Å²) in [6.07, 6.45) is 0.871. The minimum atomic E-state index is -0.686. The number of Topliss-reactive ketones (excluding diaryl/α,β-unsaturated/α-hetero) is 1. The molecule has 0 saturated heterocycles. The zero-order valence-corrected chi connectivity index (χ0v) is 19.8. The van der Waals surface area contributed by atoms with Gasteiger partial charge >= 0.3 is 5.69 Å². The van der Waals surface area contributed by atoms with Crippen LogP contribution in [0.25, 0.3) is 0 Å². The standard InChI is InChI=1S/C27H25N3O6/c1-35-18-9-7-15(8-10-18)16-11-21-25(23(31)13-16)26(29-20-6-4-3-5-19(20)28-21)17-12-22(30(33)34)27(32)24(14-17)36-2/h3-10,12,14,16,26,28-29,32H,11,13H2,1-2H3. The molecule has 184 valence electrons. The Balaban J connectivity index is 1.63. The van der Waals surface area contributed by atoms with Crippen LogP contribution in [0.5, 0.6) is 17.2 Å². The molecule has 9 heteroatoms. The monoisotopic (exact) mass is 487 g/mol. The molecule has 5 rings (SSSR count). The number of allylic oxidation sites excluding steroid dienone is 1. The summed E-state index contributed by atoms with van der Waals surface area (Å²) in [5.41, 5.74) is 3.80. The molecular weight excluding hydrogens is 462 g/mol. The van der Waals surface area contributed by atoms with Crippen LogP contribution in [0.4, 0.5) is 17.1 Å². The molecule has 3 aromatic rings. The fourth-order valence-corrected chi connectivity index (χ4v) is 4.93. The molecule has 2 atom stereocenters. The van der Waals surface area contributed by atoms with Gasteiger partial charge in [0.2, 0.25) is 5.75 Å². The van der Waals surface area contributed by atoms with E-state index in [1.807, 2.05) is 48.5 Å². The van der Waals surface area contributed by atoms with E-state index in [-0.39, 0.29) is 17.5 Å². The Hall–Kier alpha value is -4.53. The van der Waals surface area contributed by atoms with Crippen molar-refractivity contribution in [2.24, 2.45) is 0 Å². The maximum atomic E-state index is 13.7. The Morgan fingerprint density at radius 3 is 2.36 bits per heavy atom. The molecule has 3 aromatic carbocycles. The predicted octanol–water partition coefficient (Wildman–Crippen LogP) is 5.30. The highest BCUT2D eigenvalue weighted by atomic mass is 16.6. The third kappa shape index (κ3) is 4.08. The number of ether oxygens (including phenoxy) is 2. The molecule has 9 nitrogen and oxygen atoms in total. The van der Waals surface area contributed by atoms with Gasteiger partial charge in [-0.3, -0.25) is 14.9 Å². The second-order valence-corrected chi connectivity index (χ2v) is 8.79. The van der Waals surface area contributed by atoms with Crippen LogP contribution in [0.15, 0.2) is 71.9 Å². The molecule has 0 fully saturated rings. The molecule has 1 heterocycles. The Morgan fingerprint density at radius 1 is 0.972 bits per heavy atom. The average molecular weight is 488 g/mol. The number of methoxy groups -OCH3 is 2. The SMILES string of the molecule is COc1ccc(C2CC(=O)C3=C(C2)Nc2ccccc2NC3c2cc(OC)c(O)c([N+](=O)[O-])c2)cc1. The van der Waals surface area contributed by atoms with Crippen molar-refractivity contribution < 1.29 is 24.3 Å². The van der Waals surface area contributed by atoms with Gasteiger partial charge in [0.15, 0.2) is 11.5 Å². The number of fused-ring (bicyclic) bond motifs is 1. The lowest BCUT2D eigenvalue weighted by molar-refractivity contribution is -0.386. The van der Waals surface area contributed by atoms with E-state index in [1.165, 1.54) is 19.2 Å². The summed E-state index contributed by atoms with van der Waals surface area (Å²) < 4.78 is 10.5. The lowest BCUT2D eigenvalue weighted by Crippen LogP contribution is -2.27. The first-order valence-electron chi connectivity index (χ1n) is 11.5. The number of phenols is 1. The van der Waals surface area contributed by atoms with E-state index in [4.69, 9.17) is 9.47 Å². The molecule has 0 saturated carbocycles. The predicted molar refractivity (Wildman–Crippen MR) is 135 cm³/mol. The average Bonchev–Trinajstić information content (AvgIpc) is 3.05. The zero-order chi connectivity index (χ0) is 25.4. The number of nitro benzene ring substituents is 1. The van der Waals surface area contributed by atoms with Crippen LogP contribution in [-0.4, -0.2) is 30.0 Å². The number of phenolic OH excluding ortho intramolecular Hbond substituents is 1. The van der Waals surface area contributed by atoms with Crippen molar-refractivity contribution in [3.05, 3.63) is 93.2 Å².